The highest BCUT2D eigenvalue weighted by molar-refractivity contribution is 8.29. The maximum Gasteiger partial charge on any atom is 0.00304 e. The number of rotatable bonds is 4. The summed E-state index contributed by atoms with van der Waals surface area (Å²) >= 11 is 0. The molecule has 0 unspecified atom stereocenters. The van der Waals surface area contributed by atoms with Crippen LogP contribution in [0.2, 0.25) is 0 Å². The molecule has 0 heterocycles. The van der Waals surface area contributed by atoms with Crippen molar-refractivity contribution in [3.63, 3.8) is 0 Å². The molecule has 9 heavy (non-hydrogen) atoms. The van der Waals surface area contributed by atoms with E-state index in [0.29, 0.717) is 0 Å². The van der Waals surface area contributed by atoms with Crippen molar-refractivity contribution in [3.8, 4) is 0 Å². The van der Waals surface area contributed by atoms with E-state index in [1.807, 2.05) is 13.8 Å². The number of hydrogen-bond acceptors (Lipinski definition) is 0. The van der Waals surface area contributed by atoms with Crippen LogP contribution in [0, 0.1) is 0 Å². The predicted molar refractivity (Wildman–Crippen MR) is 44.9 cm³/mol. The largest absolute Gasteiger partial charge is 0.190 e. The van der Waals surface area contributed by atoms with E-state index in [2.05, 4.69) is 0 Å². The molecule has 0 saturated carbocycles. The van der Waals surface area contributed by atoms with Crippen molar-refractivity contribution < 1.29 is 3.89 Å². The molecule has 0 aromatic carbocycles. The van der Waals surface area contributed by atoms with Crippen LogP contribution in [0.5, 0.6) is 0 Å². The van der Waals surface area contributed by atoms with Gasteiger partial charge in [0.1, 0.15) is 0 Å². The van der Waals surface area contributed by atoms with Crippen molar-refractivity contribution in [1.29, 1.82) is 0 Å². The van der Waals surface area contributed by atoms with Crippen LogP contribution in [0.4, 0.5) is 3.89 Å². The lowest BCUT2D eigenvalue weighted by Gasteiger charge is -2.24. The fourth-order valence-electron chi connectivity index (χ4n) is 0.953. The molecule has 0 atom stereocenters. The lowest BCUT2D eigenvalue weighted by atomic mass is 10.6. The summed E-state index contributed by atoms with van der Waals surface area (Å²) in [5.74, 6) is 1.58. The molecule has 0 amide bonds. The zero-order valence-electron chi connectivity index (χ0n) is 6.61. The Bertz CT molecular complexity index is 63.3. The highest BCUT2D eigenvalue weighted by atomic mass is 32.3. The summed E-state index contributed by atoms with van der Waals surface area (Å²) in [7, 11) is -1.68. The lowest BCUT2D eigenvalue weighted by molar-refractivity contribution is 0.861. The summed E-state index contributed by atoms with van der Waals surface area (Å²) in [6.45, 7) is 4.08. The molecule has 0 nitrogen and oxygen atoms in total. The standard InChI is InChI=1S/C7H17FS/c1-4-6-9(3,8)7-5-2/h4-7H2,1-3H3. The molecule has 0 rings (SSSR count). The lowest BCUT2D eigenvalue weighted by Crippen LogP contribution is -1.99. The van der Waals surface area contributed by atoms with E-state index in [0.717, 1.165) is 24.3 Å². The van der Waals surface area contributed by atoms with Gasteiger partial charge in [-0.05, 0) is 19.1 Å². The molecule has 0 fully saturated rings. The van der Waals surface area contributed by atoms with Gasteiger partial charge in [0.2, 0.25) is 0 Å². The van der Waals surface area contributed by atoms with E-state index in [1.165, 1.54) is 0 Å². The van der Waals surface area contributed by atoms with E-state index in [1.54, 1.807) is 6.26 Å². The molecular formula is C7H17FS. The fourth-order valence-corrected chi connectivity index (χ4v) is 2.86. The summed E-state index contributed by atoms with van der Waals surface area (Å²) in [5, 5.41) is 0. The van der Waals surface area contributed by atoms with E-state index in [4.69, 9.17) is 0 Å². The van der Waals surface area contributed by atoms with Crippen molar-refractivity contribution in [2.75, 3.05) is 17.8 Å². The third-order valence-corrected chi connectivity index (χ3v) is 3.78. The zero-order valence-corrected chi connectivity index (χ0v) is 7.43. The Morgan fingerprint density at radius 3 is 1.67 bits per heavy atom. The highest BCUT2D eigenvalue weighted by Crippen LogP contribution is 2.46. The minimum atomic E-state index is -1.68. The van der Waals surface area contributed by atoms with Gasteiger partial charge in [-0.2, -0.15) is 3.89 Å². The first-order valence-corrected chi connectivity index (χ1v) is 5.83. The topological polar surface area (TPSA) is 0 Å². The van der Waals surface area contributed by atoms with Gasteiger partial charge in [0.15, 0.2) is 0 Å². The van der Waals surface area contributed by atoms with Crippen LogP contribution in [0.25, 0.3) is 0 Å². The van der Waals surface area contributed by atoms with Crippen molar-refractivity contribution in [2.45, 2.75) is 26.7 Å². The zero-order chi connectivity index (χ0) is 7.33. The molecule has 58 valence electrons. The SMILES string of the molecule is CCCS(C)(F)CCC. The van der Waals surface area contributed by atoms with Gasteiger partial charge in [0.05, 0.1) is 0 Å². The second-order valence-electron chi connectivity index (χ2n) is 2.56. The molecule has 0 N–H and O–H groups in total. The smallest absolute Gasteiger partial charge is 0.00304 e. The van der Waals surface area contributed by atoms with Crippen LogP contribution in [-0.2, 0) is 0 Å². The maximum absolute atomic E-state index is 13.2. The first kappa shape index (κ1) is 9.28. The van der Waals surface area contributed by atoms with Gasteiger partial charge in [-0.1, -0.05) is 24.3 Å². The average molecular weight is 152 g/mol. The number of hydrogen-bond donors (Lipinski definition) is 0. The van der Waals surface area contributed by atoms with Gasteiger partial charge >= 0.3 is 0 Å². The van der Waals surface area contributed by atoms with Crippen molar-refractivity contribution in [1.82, 2.24) is 0 Å². The van der Waals surface area contributed by atoms with Gasteiger partial charge < -0.3 is 0 Å². The Balaban J connectivity index is 3.43. The normalized spacial score (nSPS) is 13.8. The first-order valence-electron chi connectivity index (χ1n) is 3.55. The molecule has 0 aliphatic carbocycles. The molecule has 0 saturated heterocycles. The summed E-state index contributed by atoms with van der Waals surface area (Å²) in [6, 6.07) is 0. The fraction of sp³-hybridized carbons (Fsp3) is 1.00. The van der Waals surface area contributed by atoms with Crippen molar-refractivity contribution in [2.24, 2.45) is 0 Å². The third kappa shape index (κ3) is 4.76. The molecule has 0 spiro atoms. The van der Waals surface area contributed by atoms with Gasteiger partial charge in [-0.25, -0.2) is 0 Å². The molecular weight excluding hydrogens is 135 g/mol. The Morgan fingerprint density at radius 1 is 1.11 bits per heavy atom. The summed E-state index contributed by atoms with van der Waals surface area (Å²) < 4.78 is 13.2. The summed E-state index contributed by atoms with van der Waals surface area (Å²) in [5.41, 5.74) is 0. The van der Waals surface area contributed by atoms with Crippen LogP contribution < -0.4 is 0 Å². The molecule has 0 radical (unpaired) electrons. The van der Waals surface area contributed by atoms with Crippen LogP contribution in [0.1, 0.15) is 26.7 Å². The van der Waals surface area contributed by atoms with E-state index >= 15 is 0 Å². The first-order chi connectivity index (χ1) is 4.12. The Labute approximate surface area is 59.4 Å². The molecule has 2 heteroatoms. The van der Waals surface area contributed by atoms with Gasteiger partial charge in [-0.15, -0.1) is 0 Å². The summed E-state index contributed by atoms with van der Waals surface area (Å²) in [6.07, 6.45) is 3.75. The van der Waals surface area contributed by atoms with Gasteiger partial charge in [0.25, 0.3) is 0 Å². The average Bonchev–Trinajstić information content (AvgIpc) is 1.64. The Morgan fingerprint density at radius 2 is 1.44 bits per heavy atom. The quantitative estimate of drug-likeness (QED) is 0.580. The Kier molecular flexibility index (Phi) is 4.28. The van der Waals surface area contributed by atoms with Crippen molar-refractivity contribution in [3.05, 3.63) is 0 Å². The second-order valence-corrected chi connectivity index (χ2v) is 5.69. The predicted octanol–water partition coefficient (Wildman–Crippen LogP) is 3.13. The molecule has 0 aliphatic rings. The highest BCUT2D eigenvalue weighted by Gasteiger charge is 2.12. The Hall–Kier alpha value is 0.280. The van der Waals surface area contributed by atoms with Crippen molar-refractivity contribution >= 4 is 10.4 Å². The summed E-state index contributed by atoms with van der Waals surface area (Å²) in [4.78, 5) is 0. The molecule has 0 aromatic heterocycles. The molecule has 0 aromatic rings. The monoisotopic (exact) mass is 152 g/mol. The van der Waals surface area contributed by atoms with E-state index in [-0.39, 0.29) is 0 Å². The van der Waals surface area contributed by atoms with Crippen LogP contribution in [-0.4, -0.2) is 17.8 Å². The maximum atomic E-state index is 13.2. The second kappa shape index (κ2) is 4.15. The van der Waals surface area contributed by atoms with Gasteiger partial charge in [-0.3, -0.25) is 0 Å². The third-order valence-electron chi connectivity index (χ3n) is 1.26. The van der Waals surface area contributed by atoms with Crippen LogP contribution in [0.3, 0.4) is 0 Å². The minimum Gasteiger partial charge on any atom is -0.190 e. The van der Waals surface area contributed by atoms with Crippen LogP contribution >= 0.6 is 10.4 Å². The van der Waals surface area contributed by atoms with Crippen LogP contribution in [0.15, 0.2) is 0 Å². The van der Waals surface area contributed by atoms with E-state index < -0.39 is 10.4 Å². The molecule has 0 bridgehead atoms. The molecule has 0 aliphatic heterocycles. The van der Waals surface area contributed by atoms with E-state index in [9.17, 15) is 3.89 Å². The minimum absolute atomic E-state index is 0.792. The number of halogens is 1. The van der Waals surface area contributed by atoms with Gasteiger partial charge in [0, 0.05) is 11.5 Å².